The second-order valence-corrected chi connectivity index (χ2v) is 12.1. The van der Waals surface area contributed by atoms with E-state index in [1.165, 1.54) is 21.9 Å². The Labute approximate surface area is 273 Å². The zero-order valence-corrected chi connectivity index (χ0v) is 25.6. The number of nitrogens with one attached hydrogen (secondary N) is 1. The Bertz CT molecular complexity index is 2470. The molecule has 0 saturated carbocycles. The molecule has 0 fully saturated rings. The monoisotopic (exact) mass is 602 g/mol. The number of rotatable bonds is 5. The molecule has 9 rings (SSSR count). The van der Waals surface area contributed by atoms with Crippen LogP contribution in [0.2, 0.25) is 0 Å². The van der Waals surface area contributed by atoms with Crippen LogP contribution in [-0.4, -0.2) is 5.71 Å². The molecule has 0 bridgehead atoms. The van der Waals surface area contributed by atoms with Gasteiger partial charge in [-0.2, -0.15) is 0 Å². The molecule has 7 aromatic carbocycles. The number of allylic oxidation sites excluding steroid dienone is 1. The molecule has 0 amide bonds. The third-order valence-electron chi connectivity index (χ3n) is 9.13. The van der Waals surface area contributed by atoms with Crippen molar-refractivity contribution in [2.75, 3.05) is 0 Å². The van der Waals surface area contributed by atoms with Crippen LogP contribution >= 0.6 is 0 Å². The molecule has 3 nitrogen and oxygen atoms in total. The van der Waals surface area contributed by atoms with Crippen molar-refractivity contribution in [1.82, 2.24) is 5.32 Å². The highest BCUT2D eigenvalue weighted by Gasteiger charge is 2.20. The summed E-state index contributed by atoms with van der Waals surface area (Å²) in [5.74, 6) is 0. The van der Waals surface area contributed by atoms with E-state index < -0.39 is 0 Å². The SMILES string of the molecule is C1=C(c2ccc(-c3ccc4ccccc4c3)cc2)NC(c2ccccc2)N=C1c1ccc(-c2ccc3c(c2)oc2ccccc23)cc1. The molecule has 2 heterocycles. The fourth-order valence-electron chi connectivity index (χ4n) is 6.60. The molecule has 47 heavy (non-hydrogen) atoms. The van der Waals surface area contributed by atoms with E-state index in [-0.39, 0.29) is 6.17 Å². The van der Waals surface area contributed by atoms with Gasteiger partial charge in [-0.3, -0.25) is 4.99 Å². The second kappa shape index (κ2) is 11.3. The fraction of sp³-hybridized carbons (Fsp3) is 0.0227. The van der Waals surface area contributed by atoms with Crippen molar-refractivity contribution in [2.24, 2.45) is 4.99 Å². The van der Waals surface area contributed by atoms with E-state index in [9.17, 15) is 0 Å². The van der Waals surface area contributed by atoms with Crippen LogP contribution < -0.4 is 5.32 Å². The third-order valence-corrected chi connectivity index (χ3v) is 9.13. The summed E-state index contributed by atoms with van der Waals surface area (Å²) in [6.45, 7) is 0. The summed E-state index contributed by atoms with van der Waals surface area (Å²) in [4.78, 5) is 5.17. The molecule has 0 saturated heterocycles. The maximum atomic E-state index is 6.16. The van der Waals surface area contributed by atoms with Crippen LogP contribution in [0.25, 0.3) is 60.7 Å². The number of benzene rings is 7. The summed E-state index contributed by atoms with van der Waals surface area (Å²) < 4.78 is 6.16. The van der Waals surface area contributed by atoms with Gasteiger partial charge in [-0.15, -0.1) is 0 Å². The van der Waals surface area contributed by atoms with Crippen LogP contribution in [0.1, 0.15) is 22.9 Å². The third kappa shape index (κ3) is 5.08. The van der Waals surface area contributed by atoms with Gasteiger partial charge in [0, 0.05) is 16.5 Å². The molecule has 0 spiro atoms. The van der Waals surface area contributed by atoms with Gasteiger partial charge >= 0.3 is 0 Å². The molecule has 1 atom stereocenters. The first kappa shape index (κ1) is 27.1. The smallest absolute Gasteiger partial charge is 0.145 e. The number of hydrogen-bond donors (Lipinski definition) is 1. The highest BCUT2D eigenvalue weighted by atomic mass is 16.3. The number of furan rings is 1. The van der Waals surface area contributed by atoms with Crippen molar-refractivity contribution < 1.29 is 4.42 Å². The fourth-order valence-corrected chi connectivity index (χ4v) is 6.60. The molecule has 1 aliphatic rings. The van der Waals surface area contributed by atoms with Crippen LogP contribution in [0.4, 0.5) is 0 Å². The molecule has 1 aromatic heterocycles. The van der Waals surface area contributed by atoms with E-state index in [2.05, 4.69) is 157 Å². The quantitative estimate of drug-likeness (QED) is 0.213. The summed E-state index contributed by atoms with van der Waals surface area (Å²) in [5, 5.41) is 8.48. The van der Waals surface area contributed by atoms with Gasteiger partial charge in [0.1, 0.15) is 17.3 Å². The largest absolute Gasteiger partial charge is 0.456 e. The Morgan fingerprint density at radius 1 is 0.447 bits per heavy atom. The lowest BCUT2D eigenvalue weighted by Crippen LogP contribution is -2.24. The maximum Gasteiger partial charge on any atom is 0.145 e. The summed E-state index contributed by atoms with van der Waals surface area (Å²) in [6, 6.07) is 57.7. The molecule has 0 radical (unpaired) electrons. The normalized spacial score (nSPS) is 14.6. The first-order valence-electron chi connectivity index (χ1n) is 16.0. The van der Waals surface area contributed by atoms with Gasteiger partial charge in [0.15, 0.2) is 0 Å². The Morgan fingerprint density at radius 2 is 1.04 bits per heavy atom. The minimum atomic E-state index is -0.193. The Hall–Kier alpha value is -6.19. The van der Waals surface area contributed by atoms with Gasteiger partial charge in [0.05, 0.1) is 5.71 Å². The lowest BCUT2D eigenvalue weighted by atomic mass is 9.97. The first-order chi connectivity index (χ1) is 23.2. The van der Waals surface area contributed by atoms with E-state index in [1.807, 2.05) is 18.2 Å². The van der Waals surface area contributed by atoms with Crippen LogP contribution in [0.5, 0.6) is 0 Å². The zero-order valence-electron chi connectivity index (χ0n) is 25.6. The number of para-hydroxylation sites is 1. The first-order valence-corrected chi connectivity index (χ1v) is 16.0. The topological polar surface area (TPSA) is 37.5 Å². The van der Waals surface area contributed by atoms with Crippen molar-refractivity contribution in [3.8, 4) is 22.3 Å². The molecule has 1 N–H and O–H groups in total. The highest BCUT2D eigenvalue weighted by Crippen LogP contribution is 2.33. The van der Waals surface area contributed by atoms with Crippen LogP contribution in [-0.2, 0) is 0 Å². The van der Waals surface area contributed by atoms with Gasteiger partial charge < -0.3 is 9.73 Å². The van der Waals surface area contributed by atoms with Gasteiger partial charge in [-0.25, -0.2) is 0 Å². The molecule has 8 aromatic rings. The van der Waals surface area contributed by atoms with Gasteiger partial charge in [-0.05, 0) is 80.1 Å². The summed E-state index contributed by atoms with van der Waals surface area (Å²) in [5.41, 5.74) is 11.8. The van der Waals surface area contributed by atoms with Gasteiger partial charge in [0.2, 0.25) is 0 Å². The van der Waals surface area contributed by atoms with Crippen molar-refractivity contribution >= 4 is 44.1 Å². The van der Waals surface area contributed by atoms with E-state index in [1.54, 1.807) is 0 Å². The van der Waals surface area contributed by atoms with Crippen molar-refractivity contribution in [2.45, 2.75) is 6.17 Å². The Morgan fingerprint density at radius 3 is 1.85 bits per heavy atom. The molecular formula is C44H30N2O. The van der Waals surface area contributed by atoms with Crippen molar-refractivity contribution in [3.63, 3.8) is 0 Å². The molecule has 0 aliphatic carbocycles. The minimum absolute atomic E-state index is 0.193. The predicted octanol–water partition coefficient (Wildman–Crippen LogP) is 11.2. The lowest BCUT2D eigenvalue weighted by molar-refractivity contribution is 0.664. The van der Waals surface area contributed by atoms with Crippen molar-refractivity contribution in [1.29, 1.82) is 0 Å². The Balaban J connectivity index is 1.04. The average molecular weight is 603 g/mol. The van der Waals surface area contributed by atoms with Crippen LogP contribution in [0.3, 0.4) is 0 Å². The summed E-state index contributed by atoms with van der Waals surface area (Å²) >= 11 is 0. The van der Waals surface area contributed by atoms with Gasteiger partial charge in [-0.1, -0.05) is 140 Å². The number of fused-ring (bicyclic) bond motifs is 4. The maximum absolute atomic E-state index is 6.16. The molecule has 222 valence electrons. The predicted molar refractivity (Wildman–Crippen MR) is 195 cm³/mol. The van der Waals surface area contributed by atoms with E-state index >= 15 is 0 Å². The molecule has 3 heteroatoms. The van der Waals surface area contributed by atoms with E-state index in [4.69, 9.17) is 9.41 Å². The average Bonchev–Trinajstić information content (AvgIpc) is 3.53. The molecule has 1 aliphatic heterocycles. The number of hydrogen-bond acceptors (Lipinski definition) is 3. The lowest BCUT2D eigenvalue weighted by Gasteiger charge is -2.25. The van der Waals surface area contributed by atoms with Crippen LogP contribution in [0, 0.1) is 0 Å². The number of nitrogens with zero attached hydrogens (tertiary/aromatic N) is 1. The zero-order chi connectivity index (χ0) is 31.2. The molecular weight excluding hydrogens is 572 g/mol. The number of aliphatic imine (C=N–C) groups is 1. The minimum Gasteiger partial charge on any atom is -0.456 e. The second-order valence-electron chi connectivity index (χ2n) is 12.1. The standard InChI is InChI=1S/C44H30N2O/c1-2-9-34(10-3-1)44-45-40(32-19-14-30(15-20-32)36-23-18-29-8-4-5-11-35(29)26-36)28-41(46-44)33-21-16-31(17-22-33)37-24-25-39-38-12-6-7-13-42(38)47-43(39)27-37/h1-28,44-45H. The van der Waals surface area contributed by atoms with Crippen LogP contribution in [0.15, 0.2) is 179 Å². The van der Waals surface area contributed by atoms with E-state index in [0.717, 1.165) is 61.2 Å². The van der Waals surface area contributed by atoms with E-state index in [0.29, 0.717) is 0 Å². The van der Waals surface area contributed by atoms with Crippen molar-refractivity contribution in [3.05, 3.63) is 187 Å². The Kier molecular flexibility index (Phi) is 6.53. The summed E-state index contributed by atoms with van der Waals surface area (Å²) in [7, 11) is 0. The highest BCUT2D eigenvalue weighted by molar-refractivity contribution is 6.13. The van der Waals surface area contributed by atoms with Gasteiger partial charge in [0.25, 0.3) is 0 Å². The summed E-state index contributed by atoms with van der Waals surface area (Å²) in [6.07, 6.45) is 1.97. The molecule has 1 unspecified atom stereocenters.